The van der Waals surface area contributed by atoms with Crippen LogP contribution in [0.1, 0.15) is 63.9 Å². The minimum absolute atomic E-state index is 0.0209. The van der Waals surface area contributed by atoms with Crippen LogP contribution in [0, 0.1) is 23.4 Å². The molecule has 0 fully saturated rings. The van der Waals surface area contributed by atoms with Crippen molar-refractivity contribution in [2.45, 2.75) is 70.7 Å². The molecule has 24 heavy (non-hydrogen) atoms. The van der Waals surface area contributed by atoms with Crippen molar-refractivity contribution < 1.29 is 28.5 Å². The Bertz CT molecular complexity index is 501. The number of halogens is 3. The van der Waals surface area contributed by atoms with Gasteiger partial charge < -0.3 is 15.3 Å². The molecule has 1 rings (SSSR count). The summed E-state index contributed by atoms with van der Waals surface area (Å²) in [5, 5.41) is 28.3. The molecule has 1 atom stereocenters. The zero-order valence-electron chi connectivity index (χ0n) is 14.1. The minimum Gasteiger partial charge on any atom is -0.343 e. The fourth-order valence-electron chi connectivity index (χ4n) is 2.79. The van der Waals surface area contributed by atoms with Crippen molar-refractivity contribution in [3.63, 3.8) is 0 Å². The van der Waals surface area contributed by atoms with Gasteiger partial charge in [-0.25, -0.2) is 13.2 Å². The van der Waals surface area contributed by atoms with E-state index in [0.717, 1.165) is 38.2 Å². The third kappa shape index (κ3) is 7.20. The van der Waals surface area contributed by atoms with Crippen molar-refractivity contribution in [3.8, 4) is 0 Å². The first kappa shape index (κ1) is 20.9. The molecule has 3 nitrogen and oxygen atoms in total. The zero-order chi connectivity index (χ0) is 18.2. The van der Waals surface area contributed by atoms with Crippen LogP contribution in [0.2, 0.25) is 0 Å². The van der Waals surface area contributed by atoms with Crippen LogP contribution in [0.5, 0.6) is 0 Å². The van der Waals surface area contributed by atoms with E-state index >= 15 is 0 Å². The first-order valence-corrected chi connectivity index (χ1v) is 8.56. The second-order valence-electron chi connectivity index (χ2n) is 6.34. The summed E-state index contributed by atoms with van der Waals surface area (Å²) in [5.41, 5.74) is -0.0499. The zero-order valence-corrected chi connectivity index (χ0v) is 14.1. The monoisotopic (exact) mass is 348 g/mol. The summed E-state index contributed by atoms with van der Waals surface area (Å²) < 4.78 is 39.7. The lowest BCUT2D eigenvalue weighted by Gasteiger charge is -2.26. The second-order valence-corrected chi connectivity index (χ2v) is 6.34. The van der Waals surface area contributed by atoms with Crippen LogP contribution in [0.3, 0.4) is 0 Å². The number of aliphatic hydroxyl groups is 3. The highest BCUT2D eigenvalue weighted by Gasteiger charge is 2.31. The van der Waals surface area contributed by atoms with Crippen LogP contribution in [-0.2, 0) is 6.42 Å². The maximum absolute atomic E-state index is 13.6. The van der Waals surface area contributed by atoms with Gasteiger partial charge in [0.1, 0.15) is 5.82 Å². The van der Waals surface area contributed by atoms with Gasteiger partial charge in [-0.3, -0.25) is 0 Å². The summed E-state index contributed by atoms with van der Waals surface area (Å²) in [6, 6.07) is 1.23. The van der Waals surface area contributed by atoms with E-state index in [0.29, 0.717) is 18.9 Å². The van der Waals surface area contributed by atoms with E-state index in [1.54, 1.807) is 0 Å². The Hall–Kier alpha value is -1.11. The SMILES string of the molecule is CCCCCCCCC(CCc1cc(F)c(F)cc1F)C(O)(O)O. The molecule has 3 N–H and O–H groups in total. The topological polar surface area (TPSA) is 60.7 Å². The smallest absolute Gasteiger partial charge is 0.278 e. The summed E-state index contributed by atoms with van der Waals surface area (Å²) in [5.74, 6) is -7.04. The van der Waals surface area contributed by atoms with Gasteiger partial charge in [0, 0.05) is 12.0 Å². The van der Waals surface area contributed by atoms with Crippen LogP contribution < -0.4 is 0 Å². The van der Waals surface area contributed by atoms with Crippen molar-refractivity contribution in [1.29, 1.82) is 0 Å². The molecule has 0 saturated carbocycles. The Morgan fingerprint density at radius 2 is 1.42 bits per heavy atom. The van der Waals surface area contributed by atoms with Gasteiger partial charge in [-0.1, -0.05) is 45.4 Å². The van der Waals surface area contributed by atoms with E-state index in [2.05, 4.69) is 6.92 Å². The normalized spacial score (nSPS) is 13.3. The number of hydrogen-bond donors (Lipinski definition) is 3. The number of aryl methyl sites for hydroxylation is 1. The Labute approximate surface area is 141 Å². The summed E-state index contributed by atoms with van der Waals surface area (Å²) in [6.07, 6.45) is 6.45. The van der Waals surface area contributed by atoms with Crippen molar-refractivity contribution in [2.75, 3.05) is 0 Å². The molecule has 0 radical (unpaired) electrons. The standard InChI is InChI=1S/C18H27F3O3/c1-2-3-4-5-6-7-8-14(18(22,23)24)10-9-13-11-16(20)17(21)12-15(13)19/h11-12,14,22-24H,2-10H2,1H3. The molecule has 0 spiro atoms. The summed E-state index contributed by atoms with van der Waals surface area (Å²) in [4.78, 5) is 0. The highest BCUT2D eigenvalue weighted by molar-refractivity contribution is 5.20. The molecule has 0 aromatic heterocycles. The fourth-order valence-corrected chi connectivity index (χ4v) is 2.79. The van der Waals surface area contributed by atoms with E-state index in [1.807, 2.05) is 0 Å². The molecule has 0 aliphatic rings. The van der Waals surface area contributed by atoms with Crippen molar-refractivity contribution in [3.05, 3.63) is 35.1 Å². The van der Waals surface area contributed by atoms with Crippen LogP contribution >= 0.6 is 0 Å². The molecule has 1 aromatic rings. The number of hydrogen-bond acceptors (Lipinski definition) is 3. The molecular formula is C18H27F3O3. The number of unbranched alkanes of at least 4 members (excludes halogenated alkanes) is 5. The first-order chi connectivity index (χ1) is 11.3. The molecule has 0 bridgehead atoms. The van der Waals surface area contributed by atoms with Gasteiger partial charge in [-0.2, -0.15) is 0 Å². The molecule has 0 heterocycles. The fraction of sp³-hybridized carbons (Fsp3) is 0.667. The maximum atomic E-state index is 13.6. The number of rotatable bonds is 11. The second kappa shape index (κ2) is 10.0. The quantitative estimate of drug-likeness (QED) is 0.321. The molecule has 1 aromatic carbocycles. The van der Waals surface area contributed by atoms with Gasteiger partial charge in [-0.05, 0) is 30.9 Å². The lowest BCUT2D eigenvalue weighted by Crippen LogP contribution is -2.37. The van der Waals surface area contributed by atoms with Gasteiger partial charge >= 0.3 is 0 Å². The van der Waals surface area contributed by atoms with E-state index in [9.17, 15) is 28.5 Å². The van der Waals surface area contributed by atoms with Gasteiger partial charge in [-0.15, -0.1) is 0 Å². The lowest BCUT2D eigenvalue weighted by atomic mass is 9.91. The van der Waals surface area contributed by atoms with Gasteiger partial charge in [0.2, 0.25) is 0 Å². The largest absolute Gasteiger partial charge is 0.343 e. The summed E-state index contributed by atoms with van der Waals surface area (Å²) >= 11 is 0. The summed E-state index contributed by atoms with van der Waals surface area (Å²) in [7, 11) is 0. The van der Waals surface area contributed by atoms with Crippen LogP contribution in [0.4, 0.5) is 13.2 Å². The lowest BCUT2D eigenvalue weighted by molar-refractivity contribution is -0.343. The maximum Gasteiger partial charge on any atom is 0.278 e. The van der Waals surface area contributed by atoms with Gasteiger partial charge in [0.05, 0.1) is 0 Å². The predicted octanol–water partition coefficient (Wildman–Crippen LogP) is 4.03. The predicted molar refractivity (Wildman–Crippen MR) is 85.5 cm³/mol. The average Bonchev–Trinajstić information content (AvgIpc) is 2.49. The van der Waals surface area contributed by atoms with E-state index < -0.39 is 29.3 Å². The highest BCUT2D eigenvalue weighted by Crippen LogP contribution is 2.26. The van der Waals surface area contributed by atoms with E-state index in [4.69, 9.17) is 0 Å². The van der Waals surface area contributed by atoms with Crippen molar-refractivity contribution in [1.82, 2.24) is 0 Å². The molecule has 0 amide bonds. The molecule has 6 heteroatoms. The van der Waals surface area contributed by atoms with E-state index in [-0.39, 0.29) is 18.4 Å². The van der Waals surface area contributed by atoms with E-state index in [1.165, 1.54) is 0 Å². The summed E-state index contributed by atoms with van der Waals surface area (Å²) in [6.45, 7) is 2.12. The molecule has 138 valence electrons. The van der Waals surface area contributed by atoms with Gasteiger partial charge in [0.25, 0.3) is 5.97 Å². The van der Waals surface area contributed by atoms with Crippen molar-refractivity contribution in [2.24, 2.45) is 5.92 Å². The average molecular weight is 348 g/mol. The van der Waals surface area contributed by atoms with Crippen LogP contribution in [0.15, 0.2) is 12.1 Å². The van der Waals surface area contributed by atoms with Crippen LogP contribution in [0.25, 0.3) is 0 Å². The Balaban J connectivity index is 2.53. The number of benzene rings is 1. The Morgan fingerprint density at radius 3 is 2.04 bits per heavy atom. The molecule has 1 unspecified atom stereocenters. The molecule has 0 aliphatic heterocycles. The minimum atomic E-state index is -2.86. The van der Waals surface area contributed by atoms with Crippen molar-refractivity contribution >= 4 is 0 Å². The van der Waals surface area contributed by atoms with Gasteiger partial charge in [0.15, 0.2) is 11.6 Å². The Kier molecular flexibility index (Phi) is 8.73. The molecular weight excluding hydrogens is 321 g/mol. The third-order valence-corrected chi connectivity index (χ3v) is 4.31. The first-order valence-electron chi connectivity index (χ1n) is 8.56. The molecule has 0 aliphatic carbocycles. The third-order valence-electron chi connectivity index (χ3n) is 4.31. The molecule has 0 saturated heterocycles. The highest BCUT2D eigenvalue weighted by atomic mass is 19.2. The van der Waals surface area contributed by atoms with Crippen LogP contribution in [-0.4, -0.2) is 21.3 Å². The Morgan fingerprint density at radius 1 is 0.833 bits per heavy atom.